The molecule has 0 unspecified atom stereocenters. The maximum absolute atomic E-state index is 13.3. The van der Waals surface area contributed by atoms with Gasteiger partial charge in [0.25, 0.3) is 0 Å². The monoisotopic (exact) mass is 349 g/mol. The quantitative estimate of drug-likeness (QED) is 0.780. The minimum Gasteiger partial charge on any atom is -0.369 e. The summed E-state index contributed by atoms with van der Waals surface area (Å²) in [5, 5.41) is 11.8. The Morgan fingerprint density at radius 2 is 1.88 bits per heavy atom. The molecule has 2 aromatic heterocycles. The van der Waals surface area contributed by atoms with Crippen LogP contribution < -0.4 is 10.2 Å². The van der Waals surface area contributed by atoms with Crippen LogP contribution in [0.4, 0.5) is 21.7 Å². The maximum Gasteiger partial charge on any atom is 0.158 e. The Bertz CT molecular complexity index is 927. The van der Waals surface area contributed by atoms with E-state index in [4.69, 9.17) is 5.26 Å². The van der Waals surface area contributed by atoms with Gasteiger partial charge in [-0.05, 0) is 30.7 Å². The Morgan fingerprint density at radius 3 is 2.54 bits per heavy atom. The van der Waals surface area contributed by atoms with E-state index in [0.29, 0.717) is 24.6 Å². The number of rotatable bonds is 4. The van der Waals surface area contributed by atoms with E-state index in [9.17, 15) is 4.39 Å². The summed E-state index contributed by atoms with van der Waals surface area (Å²) >= 11 is 0. The molecule has 1 saturated heterocycles. The van der Waals surface area contributed by atoms with Gasteiger partial charge in [-0.3, -0.25) is 0 Å². The van der Waals surface area contributed by atoms with Crippen molar-refractivity contribution in [2.45, 2.75) is 12.6 Å². The van der Waals surface area contributed by atoms with Gasteiger partial charge in [-0.2, -0.15) is 5.26 Å². The molecule has 1 N–H and O–H groups in total. The molecule has 1 aliphatic heterocycles. The van der Waals surface area contributed by atoms with Crippen molar-refractivity contribution in [3.63, 3.8) is 0 Å². The first-order valence-electron chi connectivity index (χ1n) is 8.24. The molecule has 0 bridgehead atoms. The standard InChI is InChI=1S/C18H16FN7/c19-13-5-6-25(10-13)15-1-3-16(4-2-15)26-11-18(23-12-26)24-17-9-21-14(7-20)8-22-17/h1-4,8-9,11-13H,5-6,10H2,(H,22,24)/t13-/m0/s1. The second-order valence-electron chi connectivity index (χ2n) is 6.04. The summed E-state index contributed by atoms with van der Waals surface area (Å²) in [7, 11) is 0. The van der Waals surface area contributed by atoms with Crippen LogP contribution in [0.5, 0.6) is 0 Å². The average molecular weight is 349 g/mol. The highest BCUT2D eigenvalue weighted by Crippen LogP contribution is 2.23. The van der Waals surface area contributed by atoms with Crippen LogP contribution in [0.25, 0.3) is 5.69 Å². The number of alkyl halides is 1. The number of halogens is 1. The summed E-state index contributed by atoms with van der Waals surface area (Å²) < 4.78 is 15.2. The minimum absolute atomic E-state index is 0.262. The second kappa shape index (κ2) is 6.80. The topological polar surface area (TPSA) is 82.7 Å². The van der Waals surface area contributed by atoms with Crippen LogP contribution in [0, 0.1) is 11.3 Å². The van der Waals surface area contributed by atoms with Gasteiger partial charge >= 0.3 is 0 Å². The lowest BCUT2D eigenvalue weighted by molar-refractivity contribution is 0.364. The number of nitrogens with zero attached hydrogens (tertiary/aromatic N) is 6. The lowest BCUT2D eigenvalue weighted by atomic mass is 10.2. The van der Waals surface area contributed by atoms with Gasteiger partial charge in [0.1, 0.15) is 30.2 Å². The van der Waals surface area contributed by atoms with Crippen LogP contribution in [0.3, 0.4) is 0 Å². The van der Waals surface area contributed by atoms with Gasteiger partial charge in [-0.25, -0.2) is 19.3 Å². The van der Waals surface area contributed by atoms with E-state index in [0.717, 1.165) is 17.9 Å². The van der Waals surface area contributed by atoms with E-state index in [1.807, 2.05) is 41.1 Å². The van der Waals surface area contributed by atoms with E-state index in [1.165, 1.54) is 12.4 Å². The Balaban J connectivity index is 1.46. The highest BCUT2D eigenvalue weighted by Gasteiger charge is 2.21. The van der Waals surface area contributed by atoms with E-state index < -0.39 is 6.17 Å². The Morgan fingerprint density at radius 1 is 1.08 bits per heavy atom. The van der Waals surface area contributed by atoms with Crippen molar-refractivity contribution in [2.24, 2.45) is 0 Å². The summed E-state index contributed by atoms with van der Waals surface area (Å²) in [5.41, 5.74) is 2.25. The number of benzene rings is 1. The number of hydrogen-bond donors (Lipinski definition) is 1. The van der Waals surface area contributed by atoms with E-state index >= 15 is 0 Å². The second-order valence-corrected chi connectivity index (χ2v) is 6.04. The van der Waals surface area contributed by atoms with Crippen molar-refractivity contribution in [1.29, 1.82) is 5.26 Å². The van der Waals surface area contributed by atoms with E-state index in [-0.39, 0.29) is 5.69 Å². The molecule has 0 aliphatic carbocycles. The normalized spacial score (nSPS) is 16.5. The first-order valence-corrected chi connectivity index (χ1v) is 8.24. The summed E-state index contributed by atoms with van der Waals surface area (Å²) in [6.45, 7) is 1.22. The fourth-order valence-corrected chi connectivity index (χ4v) is 2.90. The minimum atomic E-state index is -0.734. The average Bonchev–Trinajstić information content (AvgIpc) is 3.32. The molecule has 4 rings (SSSR count). The maximum atomic E-state index is 13.3. The molecule has 130 valence electrons. The van der Waals surface area contributed by atoms with Crippen molar-refractivity contribution < 1.29 is 4.39 Å². The molecule has 0 saturated carbocycles. The lowest BCUT2D eigenvalue weighted by Gasteiger charge is -2.17. The highest BCUT2D eigenvalue weighted by molar-refractivity contribution is 5.54. The molecule has 26 heavy (non-hydrogen) atoms. The van der Waals surface area contributed by atoms with Crippen LogP contribution in [0.1, 0.15) is 12.1 Å². The van der Waals surface area contributed by atoms with Crippen LogP contribution in [0.15, 0.2) is 49.2 Å². The first-order chi connectivity index (χ1) is 12.7. The van der Waals surface area contributed by atoms with Gasteiger partial charge < -0.3 is 14.8 Å². The zero-order valence-electron chi connectivity index (χ0n) is 13.9. The molecule has 7 nitrogen and oxygen atoms in total. The predicted octanol–water partition coefficient (Wildman–Crippen LogP) is 2.83. The molecule has 0 radical (unpaired) electrons. The molecular formula is C18H16FN7. The molecule has 1 aromatic carbocycles. The van der Waals surface area contributed by atoms with Gasteiger partial charge in [0.15, 0.2) is 5.69 Å². The largest absolute Gasteiger partial charge is 0.369 e. The third-order valence-corrected chi connectivity index (χ3v) is 4.25. The third-order valence-electron chi connectivity index (χ3n) is 4.25. The molecule has 3 heterocycles. The predicted molar refractivity (Wildman–Crippen MR) is 95.3 cm³/mol. The molecule has 1 fully saturated rings. The fourth-order valence-electron chi connectivity index (χ4n) is 2.90. The van der Waals surface area contributed by atoms with Gasteiger partial charge in [-0.1, -0.05) is 0 Å². The van der Waals surface area contributed by atoms with Crippen LogP contribution >= 0.6 is 0 Å². The number of aromatic nitrogens is 4. The van der Waals surface area contributed by atoms with Crippen molar-refractivity contribution in [2.75, 3.05) is 23.3 Å². The zero-order chi connectivity index (χ0) is 17.9. The number of nitrogens with one attached hydrogen (secondary N) is 1. The Hall–Kier alpha value is -3.47. The molecule has 3 aromatic rings. The highest BCUT2D eigenvalue weighted by atomic mass is 19.1. The zero-order valence-corrected chi connectivity index (χ0v) is 13.9. The summed E-state index contributed by atoms with van der Waals surface area (Å²) in [4.78, 5) is 14.4. The number of imidazole rings is 1. The molecule has 0 spiro atoms. The Labute approximate surface area is 149 Å². The lowest BCUT2D eigenvalue weighted by Crippen LogP contribution is -2.19. The summed E-state index contributed by atoms with van der Waals surface area (Å²) in [6.07, 6.45) is 6.28. The van der Waals surface area contributed by atoms with Crippen molar-refractivity contribution in [1.82, 2.24) is 19.5 Å². The number of nitriles is 1. The fraction of sp³-hybridized carbons (Fsp3) is 0.222. The van der Waals surface area contributed by atoms with Crippen molar-refractivity contribution in [3.8, 4) is 11.8 Å². The van der Waals surface area contributed by atoms with Gasteiger partial charge in [0, 0.05) is 24.5 Å². The van der Waals surface area contributed by atoms with E-state index in [2.05, 4.69) is 25.2 Å². The third kappa shape index (κ3) is 3.32. The number of anilines is 3. The van der Waals surface area contributed by atoms with Crippen molar-refractivity contribution in [3.05, 3.63) is 54.9 Å². The van der Waals surface area contributed by atoms with Crippen molar-refractivity contribution >= 4 is 17.3 Å². The molecule has 8 heteroatoms. The van der Waals surface area contributed by atoms with Gasteiger partial charge in [0.2, 0.25) is 0 Å². The van der Waals surface area contributed by atoms with Crippen LogP contribution in [-0.2, 0) is 0 Å². The molecule has 0 amide bonds. The molecular weight excluding hydrogens is 333 g/mol. The first kappa shape index (κ1) is 16.0. The SMILES string of the molecule is N#Cc1cnc(Nc2cn(-c3ccc(N4CC[C@H](F)C4)cc3)cn2)cn1. The summed E-state index contributed by atoms with van der Waals surface area (Å²) in [5.74, 6) is 1.13. The van der Waals surface area contributed by atoms with E-state index in [1.54, 1.807) is 6.33 Å². The van der Waals surface area contributed by atoms with Crippen LogP contribution in [-0.4, -0.2) is 38.8 Å². The Kier molecular flexibility index (Phi) is 4.19. The van der Waals surface area contributed by atoms with Gasteiger partial charge in [0.05, 0.1) is 18.6 Å². The molecule has 1 atom stereocenters. The van der Waals surface area contributed by atoms with Crippen LogP contribution in [0.2, 0.25) is 0 Å². The van der Waals surface area contributed by atoms with Gasteiger partial charge in [-0.15, -0.1) is 0 Å². The molecule has 1 aliphatic rings. The smallest absolute Gasteiger partial charge is 0.158 e. The summed E-state index contributed by atoms with van der Waals surface area (Å²) in [6, 6.07) is 9.87. The number of hydrogen-bond acceptors (Lipinski definition) is 6.